The van der Waals surface area contributed by atoms with Crippen LogP contribution in [0.25, 0.3) is 0 Å². The Morgan fingerprint density at radius 3 is 2.89 bits per heavy atom. The number of likely N-dealkylation sites (tertiary alicyclic amines) is 1. The largest absolute Gasteiger partial charge is 0.454 e. The zero-order chi connectivity index (χ0) is 18.5. The summed E-state index contributed by atoms with van der Waals surface area (Å²) in [5.74, 6) is 2.36. The van der Waals surface area contributed by atoms with Gasteiger partial charge in [-0.1, -0.05) is 0 Å². The molecular weight excluding hydrogens is 342 g/mol. The maximum atomic E-state index is 12.9. The molecule has 0 radical (unpaired) electrons. The predicted octanol–water partition coefficient (Wildman–Crippen LogP) is 2.87. The number of amides is 2. The monoisotopic (exact) mass is 371 g/mol. The number of ether oxygens (including phenoxy) is 2. The summed E-state index contributed by atoms with van der Waals surface area (Å²) in [6.07, 6.45) is 4.46. The minimum absolute atomic E-state index is 0.197. The lowest BCUT2D eigenvalue weighted by atomic mass is 9.76. The number of carbonyl (C=O) groups excluding carboxylic acids is 1. The highest BCUT2D eigenvalue weighted by Gasteiger charge is 2.44. The topological polar surface area (TPSA) is 45.3 Å². The number of fused-ring (bicyclic) bond motifs is 5. The van der Waals surface area contributed by atoms with Crippen molar-refractivity contribution in [3.63, 3.8) is 0 Å². The molecule has 0 saturated carbocycles. The van der Waals surface area contributed by atoms with Crippen LogP contribution < -0.4 is 9.47 Å². The molecule has 0 spiro atoms. The molecule has 3 unspecified atom stereocenters. The molecule has 5 rings (SSSR count). The Morgan fingerprint density at radius 2 is 2.07 bits per heavy atom. The van der Waals surface area contributed by atoms with Crippen LogP contribution in [0.4, 0.5) is 4.79 Å². The molecule has 0 aromatic heterocycles. The molecule has 6 nitrogen and oxygen atoms in total. The fourth-order valence-electron chi connectivity index (χ4n) is 5.43. The molecule has 0 bridgehead atoms. The summed E-state index contributed by atoms with van der Waals surface area (Å²) in [6, 6.07) is 5.29. The lowest BCUT2D eigenvalue weighted by Gasteiger charge is -2.52. The van der Waals surface area contributed by atoms with E-state index in [0.717, 1.165) is 56.9 Å². The van der Waals surface area contributed by atoms with Gasteiger partial charge in [-0.2, -0.15) is 0 Å². The maximum Gasteiger partial charge on any atom is 0.319 e. The molecular formula is C21H29N3O3. The normalized spacial score (nSPS) is 29.0. The second-order valence-electron chi connectivity index (χ2n) is 8.36. The first-order valence-electron chi connectivity index (χ1n) is 10.3. The fourth-order valence-corrected chi connectivity index (χ4v) is 5.43. The van der Waals surface area contributed by atoms with E-state index in [1.165, 1.54) is 17.5 Å². The van der Waals surface area contributed by atoms with Crippen molar-refractivity contribution in [2.45, 2.75) is 44.7 Å². The molecule has 4 heterocycles. The van der Waals surface area contributed by atoms with E-state index in [2.05, 4.69) is 21.9 Å². The molecule has 146 valence electrons. The number of urea groups is 1. The van der Waals surface area contributed by atoms with Crippen LogP contribution in [0.3, 0.4) is 0 Å². The number of carbonyl (C=O) groups is 1. The predicted molar refractivity (Wildman–Crippen MR) is 102 cm³/mol. The van der Waals surface area contributed by atoms with Crippen LogP contribution in [-0.2, 0) is 6.42 Å². The van der Waals surface area contributed by atoms with E-state index in [1.807, 2.05) is 18.9 Å². The van der Waals surface area contributed by atoms with Gasteiger partial charge < -0.3 is 19.3 Å². The number of hydrogen-bond donors (Lipinski definition) is 0. The Morgan fingerprint density at radius 1 is 1.26 bits per heavy atom. The Bertz CT molecular complexity index is 752. The van der Waals surface area contributed by atoms with E-state index in [1.54, 1.807) is 0 Å². The summed E-state index contributed by atoms with van der Waals surface area (Å²) in [6.45, 7) is 6.22. The van der Waals surface area contributed by atoms with Gasteiger partial charge in [0.15, 0.2) is 11.5 Å². The summed E-state index contributed by atoms with van der Waals surface area (Å²) < 4.78 is 11.2. The molecule has 3 atom stereocenters. The fraction of sp³-hybridized carbons (Fsp3) is 0.667. The van der Waals surface area contributed by atoms with Crippen molar-refractivity contribution >= 4 is 6.03 Å². The third-order valence-electron chi connectivity index (χ3n) is 7.00. The summed E-state index contributed by atoms with van der Waals surface area (Å²) >= 11 is 0. The highest BCUT2D eigenvalue weighted by Crippen LogP contribution is 2.46. The number of rotatable bonds is 1. The molecule has 2 fully saturated rings. The third kappa shape index (κ3) is 2.76. The molecule has 2 amide bonds. The first-order valence-corrected chi connectivity index (χ1v) is 10.3. The van der Waals surface area contributed by atoms with Gasteiger partial charge >= 0.3 is 6.03 Å². The van der Waals surface area contributed by atoms with E-state index in [-0.39, 0.29) is 6.03 Å². The molecule has 6 heteroatoms. The number of nitrogens with zero attached hydrogens (tertiary/aromatic N) is 3. The lowest BCUT2D eigenvalue weighted by Crippen LogP contribution is -2.59. The van der Waals surface area contributed by atoms with Crippen LogP contribution in [0.1, 0.15) is 43.4 Å². The van der Waals surface area contributed by atoms with Crippen LogP contribution in [0.15, 0.2) is 12.1 Å². The maximum absolute atomic E-state index is 12.9. The van der Waals surface area contributed by atoms with Gasteiger partial charge in [-0.25, -0.2) is 4.79 Å². The SMILES string of the molecule is CCN(C)C(=O)N1CCCC2CN3CCc4cc5c(cc4C3CC21)OCO5. The van der Waals surface area contributed by atoms with E-state index >= 15 is 0 Å². The molecule has 1 aromatic carbocycles. The summed E-state index contributed by atoms with van der Waals surface area (Å²) in [5, 5.41) is 0. The van der Waals surface area contributed by atoms with Gasteiger partial charge in [0.05, 0.1) is 0 Å². The Balaban J connectivity index is 1.45. The second-order valence-corrected chi connectivity index (χ2v) is 8.36. The highest BCUT2D eigenvalue weighted by molar-refractivity contribution is 5.74. The Labute approximate surface area is 161 Å². The van der Waals surface area contributed by atoms with E-state index in [4.69, 9.17) is 9.47 Å². The van der Waals surface area contributed by atoms with Crippen molar-refractivity contribution in [3.8, 4) is 11.5 Å². The van der Waals surface area contributed by atoms with Crippen molar-refractivity contribution in [1.29, 1.82) is 0 Å². The molecule has 4 aliphatic heterocycles. The van der Waals surface area contributed by atoms with Crippen LogP contribution >= 0.6 is 0 Å². The number of benzene rings is 1. The summed E-state index contributed by atoms with van der Waals surface area (Å²) in [4.78, 5) is 19.6. The minimum atomic E-state index is 0.197. The van der Waals surface area contributed by atoms with Gasteiger partial charge in [0, 0.05) is 45.3 Å². The van der Waals surface area contributed by atoms with Crippen molar-refractivity contribution in [1.82, 2.24) is 14.7 Å². The van der Waals surface area contributed by atoms with Gasteiger partial charge in [-0.3, -0.25) is 4.90 Å². The average molecular weight is 371 g/mol. The lowest BCUT2D eigenvalue weighted by molar-refractivity contribution is 0.000193. The van der Waals surface area contributed by atoms with Crippen LogP contribution in [0.5, 0.6) is 11.5 Å². The first-order chi connectivity index (χ1) is 13.2. The van der Waals surface area contributed by atoms with E-state index in [0.29, 0.717) is 24.8 Å². The zero-order valence-corrected chi connectivity index (χ0v) is 16.3. The standard InChI is InChI=1S/C21H29N3O3/c1-3-22(2)21(25)24-7-4-5-15-12-23-8-6-14-9-19-20(27-13-26-19)10-16(14)18(23)11-17(15)24/h9-10,15,17-18H,3-8,11-13H2,1-2H3. The van der Waals surface area contributed by atoms with Gasteiger partial charge in [0.2, 0.25) is 6.79 Å². The Hall–Kier alpha value is -1.95. The van der Waals surface area contributed by atoms with Gasteiger partial charge in [-0.05, 0) is 61.8 Å². The summed E-state index contributed by atoms with van der Waals surface area (Å²) in [5.41, 5.74) is 2.77. The van der Waals surface area contributed by atoms with Crippen molar-refractivity contribution in [2.24, 2.45) is 5.92 Å². The number of hydrogen-bond acceptors (Lipinski definition) is 4. The van der Waals surface area contributed by atoms with Gasteiger partial charge in [-0.15, -0.1) is 0 Å². The molecule has 1 aromatic rings. The molecule has 0 aliphatic carbocycles. The quantitative estimate of drug-likeness (QED) is 0.762. The van der Waals surface area contributed by atoms with Crippen molar-refractivity contribution in [2.75, 3.05) is 40.0 Å². The third-order valence-corrected chi connectivity index (χ3v) is 7.00. The van der Waals surface area contributed by atoms with Gasteiger partial charge in [0.25, 0.3) is 0 Å². The van der Waals surface area contributed by atoms with E-state index in [9.17, 15) is 4.79 Å². The van der Waals surface area contributed by atoms with E-state index < -0.39 is 0 Å². The van der Waals surface area contributed by atoms with Crippen molar-refractivity contribution in [3.05, 3.63) is 23.3 Å². The second kappa shape index (κ2) is 6.59. The zero-order valence-electron chi connectivity index (χ0n) is 16.3. The van der Waals surface area contributed by atoms with Crippen LogP contribution in [-0.4, -0.2) is 66.8 Å². The minimum Gasteiger partial charge on any atom is -0.454 e. The molecule has 4 aliphatic rings. The van der Waals surface area contributed by atoms with Gasteiger partial charge in [0.1, 0.15) is 0 Å². The van der Waals surface area contributed by atoms with Crippen LogP contribution in [0.2, 0.25) is 0 Å². The number of piperidine rings is 2. The smallest absolute Gasteiger partial charge is 0.319 e. The average Bonchev–Trinajstić information content (AvgIpc) is 3.16. The van der Waals surface area contributed by atoms with Crippen molar-refractivity contribution < 1.29 is 14.3 Å². The molecule has 27 heavy (non-hydrogen) atoms. The molecule has 0 N–H and O–H groups in total. The molecule has 2 saturated heterocycles. The first kappa shape index (κ1) is 17.2. The summed E-state index contributed by atoms with van der Waals surface area (Å²) in [7, 11) is 1.91. The Kier molecular flexibility index (Phi) is 4.19. The highest BCUT2D eigenvalue weighted by atomic mass is 16.7. The van der Waals surface area contributed by atoms with Crippen LogP contribution in [0, 0.1) is 5.92 Å².